The standard InChI is InChI=1S/C16H22N2O4/c1-10(2)17-8-11(19)9-22-14-12-6-4-5-7-13(12)18-16(20)15(14)21-3/h4-7,10-11,17,19H,8-9H2,1-3H3,(H,18,20). The largest absolute Gasteiger partial charge is 0.488 e. The minimum absolute atomic E-state index is 0.0729. The molecule has 22 heavy (non-hydrogen) atoms. The Morgan fingerprint density at radius 3 is 2.68 bits per heavy atom. The number of pyridine rings is 1. The average Bonchev–Trinajstić information content (AvgIpc) is 2.50. The first-order valence-electron chi connectivity index (χ1n) is 7.26. The van der Waals surface area contributed by atoms with E-state index in [0.717, 1.165) is 5.39 Å². The van der Waals surface area contributed by atoms with Crippen LogP contribution in [0, 0.1) is 0 Å². The fraction of sp³-hybridized carbons (Fsp3) is 0.438. The number of benzene rings is 1. The van der Waals surface area contributed by atoms with E-state index >= 15 is 0 Å². The van der Waals surface area contributed by atoms with Gasteiger partial charge in [0, 0.05) is 18.0 Å². The summed E-state index contributed by atoms with van der Waals surface area (Å²) in [5, 5.41) is 13.8. The van der Waals surface area contributed by atoms with Crippen molar-refractivity contribution in [3.63, 3.8) is 0 Å². The van der Waals surface area contributed by atoms with E-state index in [0.29, 0.717) is 17.8 Å². The minimum atomic E-state index is -0.676. The van der Waals surface area contributed by atoms with E-state index in [2.05, 4.69) is 10.3 Å². The molecule has 0 saturated heterocycles. The van der Waals surface area contributed by atoms with Gasteiger partial charge in [0.1, 0.15) is 12.7 Å². The lowest BCUT2D eigenvalue weighted by atomic mass is 10.2. The molecule has 0 fully saturated rings. The number of hydrogen-bond donors (Lipinski definition) is 3. The maximum Gasteiger partial charge on any atom is 0.294 e. The van der Waals surface area contributed by atoms with Gasteiger partial charge in [-0.3, -0.25) is 4.79 Å². The third kappa shape index (κ3) is 3.78. The van der Waals surface area contributed by atoms with Crippen LogP contribution in [0.5, 0.6) is 11.5 Å². The second kappa shape index (κ2) is 7.29. The summed E-state index contributed by atoms with van der Waals surface area (Å²) in [6.07, 6.45) is -0.676. The number of fused-ring (bicyclic) bond motifs is 1. The second-order valence-corrected chi connectivity index (χ2v) is 5.39. The number of aliphatic hydroxyl groups is 1. The molecule has 0 bridgehead atoms. The molecule has 0 radical (unpaired) electrons. The number of ether oxygens (including phenoxy) is 2. The molecule has 6 heteroatoms. The molecule has 2 aromatic rings. The Hall–Kier alpha value is -2.05. The van der Waals surface area contributed by atoms with Gasteiger partial charge in [0.15, 0.2) is 5.75 Å². The molecule has 2 rings (SSSR count). The van der Waals surface area contributed by atoms with Crippen molar-refractivity contribution in [1.82, 2.24) is 10.3 Å². The zero-order valence-electron chi connectivity index (χ0n) is 13.1. The highest BCUT2D eigenvalue weighted by Crippen LogP contribution is 2.31. The summed E-state index contributed by atoms with van der Waals surface area (Å²) in [6, 6.07) is 7.59. The lowest BCUT2D eigenvalue weighted by Crippen LogP contribution is -2.35. The van der Waals surface area contributed by atoms with Gasteiger partial charge in [-0.15, -0.1) is 0 Å². The highest BCUT2D eigenvalue weighted by molar-refractivity contribution is 5.87. The highest BCUT2D eigenvalue weighted by Gasteiger charge is 2.16. The Labute approximate surface area is 129 Å². The van der Waals surface area contributed by atoms with E-state index in [9.17, 15) is 9.90 Å². The molecule has 0 amide bonds. The molecule has 1 aromatic carbocycles. The summed E-state index contributed by atoms with van der Waals surface area (Å²) in [7, 11) is 1.42. The number of methoxy groups -OCH3 is 1. The number of nitrogens with one attached hydrogen (secondary N) is 2. The first-order chi connectivity index (χ1) is 10.5. The van der Waals surface area contributed by atoms with Crippen LogP contribution in [0.1, 0.15) is 13.8 Å². The Balaban J connectivity index is 2.24. The van der Waals surface area contributed by atoms with Crippen molar-refractivity contribution >= 4 is 10.9 Å². The van der Waals surface area contributed by atoms with Gasteiger partial charge < -0.3 is 24.9 Å². The molecular formula is C16H22N2O4. The summed E-state index contributed by atoms with van der Waals surface area (Å²) in [4.78, 5) is 14.8. The molecule has 0 aliphatic rings. The normalized spacial score (nSPS) is 12.6. The predicted molar refractivity (Wildman–Crippen MR) is 85.8 cm³/mol. The van der Waals surface area contributed by atoms with Gasteiger partial charge in [-0.05, 0) is 12.1 Å². The molecule has 0 aliphatic carbocycles. The van der Waals surface area contributed by atoms with E-state index in [4.69, 9.17) is 9.47 Å². The Morgan fingerprint density at radius 1 is 1.27 bits per heavy atom. The van der Waals surface area contributed by atoms with Crippen LogP contribution in [0.15, 0.2) is 29.1 Å². The Kier molecular flexibility index (Phi) is 5.41. The van der Waals surface area contributed by atoms with Crippen molar-refractivity contribution in [1.29, 1.82) is 0 Å². The first-order valence-corrected chi connectivity index (χ1v) is 7.26. The fourth-order valence-corrected chi connectivity index (χ4v) is 2.13. The number of hydrogen-bond acceptors (Lipinski definition) is 5. The molecule has 3 N–H and O–H groups in total. The average molecular weight is 306 g/mol. The number of aliphatic hydroxyl groups excluding tert-OH is 1. The van der Waals surface area contributed by atoms with Gasteiger partial charge in [0.05, 0.1) is 12.6 Å². The van der Waals surface area contributed by atoms with Crippen molar-refractivity contribution in [2.45, 2.75) is 26.0 Å². The molecule has 0 aliphatic heterocycles. The maximum atomic E-state index is 12.0. The van der Waals surface area contributed by atoms with Crippen molar-refractivity contribution < 1.29 is 14.6 Å². The summed E-state index contributed by atoms with van der Waals surface area (Å²) in [5.41, 5.74) is 0.309. The number of para-hydroxylation sites is 1. The SMILES string of the molecule is COc1c(OCC(O)CNC(C)C)c2ccccc2[nH]c1=O. The molecule has 0 saturated carbocycles. The monoisotopic (exact) mass is 306 g/mol. The lowest BCUT2D eigenvalue weighted by Gasteiger charge is -2.17. The molecule has 1 atom stereocenters. The molecule has 1 aromatic heterocycles. The van der Waals surface area contributed by atoms with E-state index in [-0.39, 0.29) is 24.0 Å². The van der Waals surface area contributed by atoms with Crippen LogP contribution in [-0.4, -0.2) is 42.5 Å². The van der Waals surface area contributed by atoms with Crippen LogP contribution in [0.4, 0.5) is 0 Å². The highest BCUT2D eigenvalue weighted by atomic mass is 16.5. The van der Waals surface area contributed by atoms with Gasteiger partial charge in [-0.1, -0.05) is 26.0 Å². The zero-order valence-corrected chi connectivity index (χ0v) is 13.1. The van der Waals surface area contributed by atoms with Crippen LogP contribution in [0.3, 0.4) is 0 Å². The van der Waals surface area contributed by atoms with Crippen molar-refractivity contribution in [3.8, 4) is 11.5 Å². The van der Waals surface area contributed by atoms with E-state index in [1.54, 1.807) is 6.07 Å². The third-order valence-corrected chi connectivity index (χ3v) is 3.22. The number of rotatable bonds is 7. The van der Waals surface area contributed by atoms with E-state index in [1.807, 2.05) is 32.0 Å². The summed E-state index contributed by atoms with van der Waals surface area (Å²) in [6.45, 7) is 4.49. The van der Waals surface area contributed by atoms with Crippen LogP contribution in [-0.2, 0) is 0 Å². The van der Waals surface area contributed by atoms with Crippen LogP contribution >= 0.6 is 0 Å². The quantitative estimate of drug-likeness (QED) is 0.717. The number of aromatic nitrogens is 1. The summed E-state index contributed by atoms with van der Waals surface area (Å²) >= 11 is 0. The molecule has 1 unspecified atom stereocenters. The van der Waals surface area contributed by atoms with Crippen molar-refractivity contribution in [3.05, 3.63) is 34.6 Å². The van der Waals surface area contributed by atoms with E-state index < -0.39 is 6.10 Å². The third-order valence-electron chi connectivity index (χ3n) is 3.22. The topological polar surface area (TPSA) is 83.6 Å². The number of aromatic amines is 1. The maximum absolute atomic E-state index is 12.0. The lowest BCUT2D eigenvalue weighted by molar-refractivity contribution is 0.103. The van der Waals surface area contributed by atoms with Gasteiger partial charge in [0.25, 0.3) is 5.56 Å². The number of H-pyrrole nitrogens is 1. The van der Waals surface area contributed by atoms with E-state index in [1.165, 1.54) is 7.11 Å². The van der Waals surface area contributed by atoms with Crippen molar-refractivity contribution in [2.75, 3.05) is 20.3 Å². The van der Waals surface area contributed by atoms with Crippen LogP contribution in [0.2, 0.25) is 0 Å². The fourth-order valence-electron chi connectivity index (χ4n) is 2.13. The zero-order chi connectivity index (χ0) is 16.1. The van der Waals surface area contributed by atoms with Gasteiger partial charge in [-0.2, -0.15) is 0 Å². The molecule has 6 nitrogen and oxygen atoms in total. The van der Waals surface area contributed by atoms with Crippen molar-refractivity contribution in [2.24, 2.45) is 0 Å². The second-order valence-electron chi connectivity index (χ2n) is 5.39. The molecule has 0 spiro atoms. The van der Waals surface area contributed by atoms with Gasteiger partial charge in [-0.25, -0.2) is 0 Å². The smallest absolute Gasteiger partial charge is 0.294 e. The van der Waals surface area contributed by atoms with Gasteiger partial charge in [0.2, 0.25) is 5.75 Å². The minimum Gasteiger partial charge on any atom is -0.488 e. The Morgan fingerprint density at radius 2 is 2.00 bits per heavy atom. The molecule has 1 heterocycles. The molecular weight excluding hydrogens is 284 g/mol. The van der Waals surface area contributed by atoms with Crippen LogP contribution < -0.4 is 20.3 Å². The Bertz CT molecular complexity index is 681. The predicted octanol–water partition coefficient (Wildman–Crippen LogP) is 1.27. The summed E-state index contributed by atoms with van der Waals surface area (Å²) < 4.78 is 10.8. The van der Waals surface area contributed by atoms with Crippen LogP contribution in [0.25, 0.3) is 10.9 Å². The van der Waals surface area contributed by atoms with Gasteiger partial charge >= 0.3 is 0 Å². The first kappa shape index (κ1) is 16.3. The summed E-state index contributed by atoms with van der Waals surface area (Å²) in [5.74, 6) is 0.466. The molecule has 120 valence electrons.